The molecule has 4 rings (SSSR count). The van der Waals surface area contributed by atoms with Crippen LogP contribution in [0.25, 0.3) is 0 Å². The molecule has 0 aromatic carbocycles. The quantitative estimate of drug-likeness (QED) is 0.242. The number of nitrogens with zero attached hydrogens (tertiary/aromatic N) is 4. The van der Waals surface area contributed by atoms with Gasteiger partial charge in [-0.25, -0.2) is 18.2 Å². The fraction of sp³-hybridized carbons (Fsp3) is 0.697. The number of alkyl halides is 4. The van der Waals surface area contributed by atoms with Crippen molar-refractivity contribution in [3.05, 3.63) is 18.1 Å². The van der Waals surface area contributed by atoms with Crippen LogP contribution in [0.15, 0.2) is 12.3 Å². The van der Waals surface area contributed by atoms with E-state index in [4.69, 9.17) is 10.4 Å². The van der Waals surface area contributed by atoms with Crippen molar-refractivity contribution in [1.29, 1.82) is 5.26 Å². The van der Waals surface area contributed by atoms with Crippen molar-refractivity contribution >= 4 is 30.5 Å². The predicted octanol–water partition coefficient (Wildman–Crippen LogP) is 5.70. The molecule has 4 amide bonds. The number of rotatable bonds is 7. The van der Waals surface area contributed by atoms with Crippen LogP contribution in [0, 0.1) is 46.7 Å². The Morgan fingerprint density at radius 1 is 1.16 bits per heavy atom. The molecule has 3 heterocycles. The number of aromatic nitrogens is 1. The highest BCUT2D eigenvalue weighted by Crippen LogP contribution is 2.39. The Kier molecular flexibility index (Phi) is 20.7. The number of pyridine rings is 1. The zero-order chi connectivity index (χ0) is 37.9. The van der Waals surface area contributed by atoms with E-state index < -0.39 is 42.3 Å². The van der Waals surface area contributed by atoms with Crippen LogP contribution < -0.4 is 10.6 Å². The molecule has 1 saturated carbocycles. The maximum absolute atomic E-state index is 12.8. The van der Waals surface area contributed by atoms with E-state index in [9.17, 15) is 41.1 Å². The number of nitriles is 1. The first-order valence-corrected chi connectivity index (χ1v) is 16.4. The largest absolute Gasteiger partial charge is 0.504 e. The smallest absolute Gasteiger partial charge is 0.383 e. The molecule has 1 aliphatic carbocycles. The van der Waals surface area contributed by atoms with Gasteiger partial charge < -0.3 is 25.5 Å². The fourth-order valence-electron chi connectivity index (χ4n) is 5.37. The van der Waals surface area contributed by atoms with Crippen LogP contribution in [0.4, 0.5) is 27.8 Å². The number of fused-ring (bicyclic) bond motifs is 1. The molecule has 3 N–H and O–H groups in total. The Bertz CT molecular complexity index is 1220. The third kappa shape index (κ3) is 15.4. The highest BCUT2D eigenvalue weighted by Gasteiger charge is 2.49. The van der Waals surface area contributed by atoms with Crippen LogP contribution in [0.5, 0.6) is 5.75 Å². The van der Waals surface area contributed by atoms with E-state index in [-0.39, 0.29) is 13.3 Å². The van der Waals surface area contributed by atoms with Crippen molar-refractivity contribution in [2.45, 2.75) is 92.5 Å². The number of nitrogens with one attached hydrogen (secondary N) is 2. The summed E-state index contributed by atoms with van der Waals surface area (Å²) in [5.74, 6) is -5.85. The van der Waals surface area contributed by atoms with Gasteiger partial charge in [-0.2, -0.15) is 14.0 Å². The lowest BCUT2D eigenvalue weighted by atomic mass is 9.75. The predicted molar refractivity (Wildman–Crippen MR) is 176 cm³/mol. The molecule has 0 radical (unpaired) electrons. The Morgan fingerprint density at radius 2 is 1.78 bits per heavy atom. The summed E-state index contributed by atoms with van der Waals surface area (Å²) in [6.45, 7) is 15.8. The minimum absolute atomic E-state index is 0. The number of carbonyl (C=O) groups is 4. The number of hydrogen-bond donors (Lipinski definition) is 3. The summed E-state index contributed by atoms with van der Waals surface area (Å²) >= 11 is 0. The molecule has 5 atom stereocenters. The molecule has 11 nitrogen and oxygen atoms in total. The van der Waals surface area contributed by atoms with Gasteiger partial charge in [-0.15, -0.1) is 0 Å². The number of anilines is 1. The van der Waals surface area contributed by atoms with Gasteiger partial charge >= 0.3 is 12.3 Å². The first kappa shape index (κ1) is 45.0. The number of carbonyl (C=O) groups excluding carboxylic acids is 4. The van der Waals surface area contributed by atoms with Crippen molar-refractivity contribution in [3.8, 4) is 11.8 Å². The molecular weight excluding hydrogens is 655 g/mol. The Balaban J connectivity index is 0. The molecule has 280 valence electrons. The first-order valence-electron chi connectivity index (χ1n) is 16.4. The average molecular weight is 709 g/mol. The molecule has 16 heteroatoms. The minimum Gasteiger partial charge on any atom is -0.504 e. The average Bonchev–Trinajstić information content (AvgIpc) is 3.66. The van der Waals surface area contributed by atoms with E-state index in [2.05, 4.69) is 44.1 Å². The first-order chi connectivity index (χ1) is 23.0. The van der Waals surface area contributed by atoms with E-state index in [1.807, 2.05) is 20.8 Å². The summed E-state index contributed by atoms with van der Waals surface area (Å²) in [5.41, 5.74) is 0. The van der Waals surface area contributed by atoms with Gasteiger partial charge in [0.25, 0.3) is 5.91 Å². The lowest BCUT2D eigenvalue weighted by Crippen LogP contribution is -2.48. The van der Waals surface area contributed by atoms with Crippen LogP contribution in [-0.2, 0) is 19.2 Å². The second-order valence-electron chi connectivity index (χ2n) is 12.5. The fourth-order valence-corrected chi connectivity index (χ4v) is 5.37. The highest BCUT2D eigenvalue weighted by molar-refractivity contribution is 5.88. The molecule has 1 aromatic rings. The van der Waals surface area contributed by atoms with Gasteiger partial charge in [0.15, 0.2) is 11.6 Å². The SMILES string of the molecule is CC.CC(C)C.CC1CCCC2CN(C(=O)CNC(=O)C(F)(F)C(F)F)CC12.CC1C[C@@H](C#N)N(C=O)C1.O=CNc1ncc(F)cc1O.[HH]. The number of aromatic hydroxyl groups is 1. The van der Waals surface area contributed by atoms with E-state index >= 15 is 0 Å². The summed E-state index contributed by atoms with van der Waals surface area (Å²) in [4.78, 5) is 49.6. The molecule has 1 aromatic heterocycles. The molecule has 2 saturated heterocycles. The van der Waals surface area contributed by atoms with Crippen molar-refractivity contribution in [3.63, 3.8) is 0 Å². The number of likely N-dealkylation sites (tertiary alicyclic amines) is 2. The van der Waals surface area contributed by atoms with Gasteiger partial charge in [-0.05, 0) is 42.4 Å². The molecule has 0 bridgehead atoms. The number of halogens is 5. The molecule has 2 aliphatic heterocycles. The van der Waals surface area contributed by atoms with E-state index in [1.165, 1.54) is 4.90 Å². The Hall–Kier alpha value is -4.03. The summed E-state index contributed by atoms with van der Waals surface area (Å²) in [5, 5.41) is 21.1. The van der Waals surface area contributed by atoms with Gasteiger partial charge in [0.2, 0.25) is 18.7 Å². The maximum atomic E-state index is 12.8. The van der Waals surface area contributed by atoms with Gasteiger partial charge in [-0.1, -0.05) is 61.3 Å². The summed E-state index contributed by atoms with van der Waals surface area (Å²) in [7, 11) is 0. The van der Waals surface area contributed by atoms with Crippen molar-refractivity contribution < 1.29 is 47.7 Å². The van der Waals surface area contributed by atoms with Crippen molar-refractivity contribution in [1.82, 2.24) is 20.1 Å². The monoisotopic (exact) mass is 708 g/mol. The minimum atomic E-state index is -4.77. The summed E-state index contributed by atoms with van der Waals surface area (Å²) < 4.78 is 61.8. The zero-order valence-electron chi connectivity index (χ0n) is 29.3. The molecular formula is C33H53F5N6O5. The summed E-state index contributed by atoms with van der Waals surface area (Å²) in [6.07, 6.45) is 2.01. The normalized spacial score (nSPS) is 22.3. The van der Waals surface area contributed by atoms with Crippen molar-refractivity contribution in [2.75, 3.05) is 31.5 Å². The second kappa shape index (κ2) is 22.6. The van der Waals surface area contributed by atoms with Crippen LogP contribution in [0.1, 0.15) is 75.6 Å². The van der Waals surface area contributed by atoms with Crippen LogP contribution >= 0.6 is 0 Å². The van der Waals surface area contributed by atoms with E-state index in [1.54, 1.807) is 10.2 Å². The van der Waals surface area contributed by atoms with Gasteiger partial charge in [0.05, 0.1) is 18.8 Å². The molecule has 3 fully saturated rings. The topological polar surface area (TPSA) is 156 Å². The number of amides is 4. The standard InChI is InChI=1S/C14H20F4N2O2.C7H10N2O.C6H5FN2O2.C4H10.C2H6.H2/c1-8-3-2-4-9-6-20(7-10(8)9)11(21)5-19-13(22)14(17,18)12(15)16;1-6-2-7(3-8)9(4-6)5-10;7-4-1-5(11)6(8-2-4)9-3-10;1-4(2)3;1-2;/h8-10,12H,2-7H2,1H3,(H,19,22);5-7H,2,4H2,1H3;1-3,11H,(H,8,9,10);4H,1-3H3;1-2H3;1H/t;6?,7-;;;;/m.0..../s1. The Morgan fingerprint density at radius 3 is 2.24 bits per heavy atom. The number of hydrogen-bond acceptors (Lipinski definition) is 7. The second-order valence-corrected chi connectivity index (χ2v) is 12.5. The van der Waals surface area contributed by atoms with Gasteiger partial charge in [0, 0.05) is 27.1 Å². The van der Waals surface area contributed by atoms with Crippen molar-refractivity contribution in [2.24, 2.45) is 29.6 Å². The maximum Gasteiger partial charge on any atom is 0.383 e. The van der Waals surface area contributed by atoms with Gasteiger partial charge in [0.1, 0.15) is 11.9 Å². The Labute approximate surface area is 287 Å². The third-order valence-corrected chi connectivity index (χ3v) is 7.65. The molecule has 4 unspecified atom stereocenters. The summed E-state index contributed by atoms with van der Waals surface area (Å²) in [6, 6.07) is 2.78. The molecule has 0 spiro atoms. The lowest BCUT2D eigenvalue weighted by Gasteiger charge is -2.29. The van der Waals surface area contributed by atoms with Crippen LogP contribution in [0.2, 0.25) is 0 Å². The third-order valence-electron chi connectivity index (χ3n) is 7.65. The highest BCUT2D eigenvalue weighted by atomic mass is 19.3. The van der Waals surface area contributed by atoms with E-state index in [0.717, 1.165) is 56.8 Å². The molecule has 3 aliphatic rings. The molecule has 49 heavy (non-hydrogen) atoms. The van der Waals surface area contributed by atoms with Crippen LogP contribution in [0.3, 0.4) is 0 Å². The lowest BCUT2D eigenvalue weighted by molar-refractivity contribution is -0.169. The zero-order valence-corrected chi connectivity index (χ0v) is 29.3. The van der Waals surface area contributed by atoms with Gasteiger partial charge in [-0.3, -0.25) is 19.2 Å². The van der Waals surface area contributed by atoms with Crippen LogP contribution in [-0.4, -0.2) is 89.1 Å². The van der Waals surface area contributed by atoms with E-state index in [0.29, 0.717) is 43.2 Å².